The fourth-order valence-electron chi connectivity index (χ4n) is 3.00. The fourth-order valence-corrected chi connectivity index (χ4v) is 3.94. The molecule has 3 rings (SSSR count). The molecule has 0 unspecified atom stereocenters. The molecule has 0 atom stereocenters. The molecule has 24 heavy (non-hydrogen) atoms. The molecular formula is C19H23NO3S. The zero-order valence-electron chi connectivity index (χ0n) is 14.5. The maximum absolute atomic E-state index is 12.8. The van der Waals surface area contributed by atoms with Gasteiger partial charge in [-0.25, -0.2) is 0 Å². The van der Waals surface area contributed by atoms with Gasteiger partial charge < -0.3 is 14.4 Å². The summed E-state index contributed by atoms with van der Waals surface area (Å²) in [6, 6.07) is 10.2. The van der Waals surface area contributed by atoms with Gasteiger partial charge in [-0.3, -0.25) is 4.79 Å². The van der Waals surface area contributed by atoms with Gasteiger partial charge in [0.05, 0.1) is 4.88 Å². The van der Waals surface area contributed by atoms with Crippen LogP contribution in [0.3, 0.4) is 0 Å². The Hall–Kier alpha value is -2.01. The average Bonchev–Trinajstić information content (AvgIpc) is 3.03. The number of rotatable bonds is 4. The van der Waals surface area contributed by atoms with Crippen LogP contribution in [0.5, 0.6) is 11.5 Å². The van der Waals surface area contributed by atoms with E-state index >= 15 is 0 Å². The molecule has 0 N–H and O–H groups in total. The van der Waals surface area contributed by atoms with E-state index in [9.17, 15) is 4.79 Å². The molecule has 0 saturated heterocycles. The van der Waals surface area contributed by atoms with Gasteiger partial charge in [0, 0.05) is 17.0 Å². The number of ether oxygens (including phenoxy) is 2. The lowest BCUT2D eigenvalue weighted by atomic mass is 10.1. The first-order valence-electron chi connectivity index (χ1n) is 8.30. The van der Waals surface area contributed by atoms with Crippen molar-refractivity contribution in [3.63, 3.8) is 0 Å². The molecule has 128 valence electrons. The van der Waals surface area contributed by atoms with Crippen molar-refractivity contribution in [1.29, 1.82) is 0 Å². The van der Waals surface area contributed by atoms with E-state index < -0.39 is 0 Å². The third-order valence-electron chi connectivity index (χ3n) is 3.99. The van der Waals surface area contributed by atoms with Gasteiger partial charge in [0.25, 0.3) is 5.91 Å². The molecule has 0 spiro atoms. The van der Waals surface area contributed by atoms with E-state index in [0.717, 1.165) is 26.8 Å². The summed E-state index contributed by atoms with van der Waals surface area (Å²) in [5.41, 5.74) is 1.05. The molecule has 2 heterocycles. The number of carbonyl (C=O) groups is 1. The van der Waals surface area contributed by atoms with E-state index in [1.54, 1.807) is 0 Å². The summed E-state index contributed by atoms with van der Waals surface area (Å²) in [5, 5.41) is 0. The minimum atomic E-state index is 0.0915. The number of hydrogen-bond acceptors (Lipinski definition) is 4. The Morgan fingerprint density at radius 2 is 1.67 bits per heavy atom. The van der Waals surface area contributed by atoms with Gasteiger partial charge in [0.15, 0.2) is 11.5 Å². The molecule has 0 bridgehead atoms. The molecule has 0 aliphatic carbocycles. The van der Waals surface area contributed by atoms with Gasteiger partial charge in [-0.2, -0.15) is 0 Å². The number of fused-ring (bicyclic) bond motifs is 1. The van der Waals surface area contributed by atoms with Crippen molar-refractivity contribution < 1.29 is 14.3 Å². The van der Waals surface area contributed by atoms with Crippen LogP contribution in [0, 0.1) is 0 Å². The average molecular weight is 345 g/mol. The van der Waals surface area contributed by atoms with Crippen LogP contribution in [0.4, 0.5) is 0 Å². The Morgan fingerprint density at radius 3 is 2.33 bits per heavy atom. The lowest BCUT2D eigenvalue weighted by Gasteiger charge is -2.30. The quantitative estimate of drug-likeness (QED) is 0.822. The lowest BCUT2D eigenvalue weighted by molar-refractivity contribution is 0.0649. The Balaban J connectivity index is 1.86. The van der Waals surface area contributed by atoms with E-state index in [0.29, 0.717) is 13.2 Å². The van der Waals surface area contributed by atoms with Gasteiger partial charge >= 0.3 is 0 Å². The van der Waals surface area contributed by atoms with Crippen LogP contribution >= 0.6 is 11.3 Å². The predicted molar refractivity (Wildman–Crippen MR) is 97.2 cm³/mol. The molecule has 1 aromatic heterocycles. The SMILES string of the molecule is CC(C)N(C(=O)c1ccc(-c2ccc3c(c2)OCCO3)s1)C(C)C. The molecule has 1 aromatic carbocycles. The maximum Gasteiger partial charge on any atom is 0.264 e. The molecule has 0 radical (unpaired) electrons. The predicted octanol–water partition coefficient (Wildman–Crippen LogP) is 4.45. The summed E-state index contributed by atoms with van der Waals surface area (Å²) < 4.78 is 11.2. The minimum absolute atomic E-state index is 0.0915. The monoisotopic (exact) mass is 345 g/mol. The topological polar surface area (TPSA) is 38.8 Å². The molecule has 2 aromatic rings. The maximum atomic E-state index is 12.8. The zero-order chi connectivity index (χ0) is 17.3. The van der Waals surface area contributed by atoms with Crippen LogP contribution in [-0.4, -0.2) is 36.1 Å². The van der Waals surface area contributed by atoms with Gasteiger partial charge in [0.1, 0.15) is 13.2 Å². The second kappa shape index (κ2) is 6.85. The molecule has 5 heteroatoms. The van der Waals surface area contributed by atoms with E-state index in [1.807, 2.05) is 62.9 Å². The second-order valence-electron chi connectivity index (χ2n) is 6.42. The van der Waals surface area contributed by atoms with Crippen molar-refractivity contribution in [2.75, 3.05) is 13.2 Å². The highest BCUT2D eigenvalue weighted by Crippen LogP contribution is 2.37. The summed E-state index contributed by atoms with van der Waals surface area (Å²) in [7, 11) is 0. The fraction of sp³-hybridized carbons (Fsp3) is 0.421. The summed E-state index contributed by atoms with van der Waals surface area (Å²) in [4.78, 5) is 16.5. The third-order valence-corrected chi connectivity index (χ3v) is 5.11. The molecule has 0 saturated carbocycles. The summed E-state index contributed by atoms with van der Waals surface area (Å²) >= 11 is 1.52. The number of hydrogen-bond donors (Lipinski definition) is 0. The first-order valence-corrected chi connectivity index (χ1v) is 9.11. The third kappa shape index (κ3) is 3.26. The Morgan fingerprint density at radius 1 is 1.00 bits per heavy atom. The second-order valence-corrected chi connectivity index (χ2v) is 7.51. The lowest BCUT2D eigenvalue weighted by Crippen LogP contribution is -2.41. The molecule has 1 aliphatic heterocycles. The van der Waals surface area contributed by atoms with Crippen molar-refractivity contribution >= 4 is 17.2 Å². The highest BCUT2D eigenvalue weighted by molar-refractivity contribution is 7.17. The minimum Gasteiger partial charge on any atom is -0.486 e. The normalized spacial score (nSPS) is 13.4. The molecule has 1 amide bonds. The molecular weight excluding hydrogens is 322 g/mol. The summed E-state index contributed by atoms with van der Waals surface area (Å²) in [6.45, 7) is 9.35. The summed E-state index contributed by atoms with van der Waals surface area (Å²) in [6.07, 6.45) is 0. The largest absolute Gasteiger partial charge is 0.486 e. The van der Waals surface area contributed by atoms with Crippen LogP contribution in [0.25, 0.3) is 10.4 Å². The van der Waals surface area contributed by atoms with E-state index in [4.69, 9.17) is 9.47 Å². The first-order chi connectivity index (χ1) is 11.5. The number of carbonyl (C=O) groups excluding carboxylic acids is 1. The highest BCUT2D eigenvalue weighted by atomic mass is 32.1. The Bertz CT molecular complexity index is 728. The van der Waals surface area contributed by atoms with Gasteiger partial charge in [0.2, 0.25) is 0 Å². The van der Waals surface area contributed by atoms with E-state index in [-0.39, 0.29) is 18.0 Å². The van der Waals surface area contributed by atoms with E-state index in [2.05, 4.69) is 0 Å². The smallest absolute Gasteiger partial charge is 0.264 e. The van der Waals surface area contributed by atoms with Crippen molar-refractivity contribution in [2.24, 2.45) is 0 Å². The Labute approximate surface area is 147 Å². The van der Waals surface area contributed by atoms with Gasteiger partial charge in [-0.1, -0.05) is 0 Å². The number of amides is 1. The molecule has 4 nitrogen and oxygen atoms in total. The van der Waals surface area contributed by atoms with Crippen molar-refractivity contribution in [1.82, 2.24) is 4.90 Å². The van der Waals surface area contributed by atoms with Crippen LogP contribution in [0.15, 0.2) is 30.3 Å². The standard InChI is InChI=1S/C19H23NO3S/c1-12(2)20(13(3)4)19(21)18-8-7-17(24-18)14-5-6-15-16(11-14)23-10-9-22-15/h5-8,11-13H,9-10H2,1-4H3. The van der Waals surface area contributed by atoms with Crippen LogP contribution in [0.1, 0.15) is 37.4 Å². The Kier molecular flexibility index (Phi) is 4.81. The van der Waals surface area contributed by atoms with E-state index in [1.165, 1.54) is 11.3 Å². The number of thiophene rings is 1. The number of nitrogens with zero attached hydrogens (tertiary/aromatic N) is 1. The first kappa shape index (κ1) is 16.8. The van der Waals surface area contributed by atoms with Crippen LogP contribution in [-0.2, 0) is 0 Å². The van der Waals surface area contributed by atoms with Crippen LogP contribution in [0.2, 0.25) is 0 Å². The zero-order valence-corrected chi connectivity index (χ0v) is 15.4. The number of benzene rings is 1. The molecule has 1 aliphatic rings. The van der Waals surface area contributed by atoms with Gasteiger partial charge in [-0.15, -0.1) is 11.3 Å². The highest BCUT2D eigenvalue weighted by Gasteiger charge is 2.23. The molecule has 0 fully saturated rings. The van der Waals surface area contributed by atoms with Crippen molar-refractivity contribution in [3.05, 3.63) is 35.2 Å². The summed E-state index contributed by atoms with van der Waals surface area (Å²) in [5.74, 6) is 1.64. The van der Waals surface area contributed by atoms with Crippen molar-refractivity contribution in [2.45, 2.75) is 39.8 Å². The van der Waals surface area contributed by atoms with Gasteiger partial charge in [-0.05, 0) is 63.6 Å². The van der Waals surface area contributed by atoms with Crippen molar-refractivity contribution in [3.8, 4) is 21.9 Å². The van der Waals surface area contributed by atoms with Crippen LogP contribution < -0.4 is 9.47 Å².